The average Bonchev–Trinajstić information content (AvgIpc) is 2.32. The molecule has 86 valence electrons. The quantitative estimate of drug-likeness (QED) is 0.754. The Morgan fingerprint density at radius 2 is 2.00 bits per heavy atom. The fourth-order valence-electron chi connectivity index (χ4n) is 1.39. The lowest BCUT2D eigenvalue weighted by molar-refractivity contribution is 0.0547. The van der Waals surface area contributed by atoms with Gasteiger partial charge in [0, 0.05) is 6.61 Å². The minimum absolute atomic E-state index is 0.528. The van der Waals surface area contributed by atoms with Gasteiger partial charge in [-0.15, -0.1) is 0 Å². The molecule has 1 aliphatic rings. The monoisotopic (exact) mass is 209 g/mol. The first kappa shape index (κ1) is 13.8. The molecule has 0 aromatic carbocycles. The van der Waals surface area contributed by atoms with Crippen LogP contribution in [-0.2, 0) is 4.74 Å². The zero-order valence-corrected chi connectivity index (χ0v) is 9.06. The van der Waals surface area contributed by atoms with Crippen molar-refractivity contribution in [1.82, 2.24) is 5.32 Å². The summed E-state index contributed by atoms with van der Waals surface area (Å²) in [5.41, 5.74) is 0. The SMILES string of the molecule is CC(F)F.CCOC1CCCNCC1. The second kappa shape index (κ2) is 9.34. The molecule has 0 spiro atoms. The molecule has 1 heterocycles. The highest BCUT2D eigenvalue weighted by Gasteiger charge is 2.10. The van der Waals surface area contributed by atoms with Crippen LogP contribution in [0.5, 0.6) is 0 Å². The zero-order chi connectivity index (χ0) is 10.8. The van der Waals surface area contributed by atoms with E-state index in [4.69, 9.17) is 4.74 Å². The van der Waals surface area contributed by atoms with Crippen molar-refractivity contribution < 1.29 is 13.5 Å². The van der Waals surface area contributed by atoms with Gasteiger partial charge >= 0.3 is 0 Å². The maximum Gasteiger partial charge on any atom is 0.235 e. The van der Waals surface area contributed by atoms with Crippen LogP contribution in [0.15, 0.2) is 0 Å². The Labute approximate surface area is 85.0 Å². The van der Waals surface area contributed by atoms with Crippen LogP contribution >= 0.6 is 0 Å². The van der Waals surface area contributed by atoms with Crippen molar-refractivity contribution in [3.05, 3.63) is 0 Å². The summed E-state index contributed by atoms with van der Waals surface area (Å²) in [5.74, 6) is 0. The van der Waals surface area contributed by atoms with Gasteiger partial charge in [0.05, 0.1) is 6.10 Å². The molecular weight excluding hydrogens is 188 g/mol. The van der Waals surface area contributed by atoms with E-state index in [1.54, 1.807) is 0 Å². The van der Waals surface area contributed by atoms with Crippen LogP contribution in [0, 0.1) is 0 Å². The summed E-state index contributed by atoms with van der Waals surface area (Å²) >= 11 is 0. The first-order valence-corrected chi connectivity index (χ1v) is 5.27. The zero-order valence-electron chi connectivity index (χ0n) is 9.06. The molecule has 1 atom stereocenters. The molecule has 2 nitrogen and oxygen atoms in total. The van der Waals surface area contributed by atoms with Gasteiger partial charge in [0.2, 0.25) is 6.43 Å². The summed E-state index contributed by atoms with van der Waals surface area (Å²) in [5, 5.41) is 3.36. The number of alkyl halides is 2. The minimum atomic E-state index is -2.17. The van der Waals surface area contributed by atoms with E-state index in [0.29, 0.717) is 6.10 Å². The fraction of sp³-hybridized carbons (Fsp3) is 1.00. The fourth-order valence-corrected chi connectivity index (χ4v) is 1.39. The van der Waals surface area contributed by atoms with E-state index in [0.717, 1.165) is 20.1 Å². The lowest BCUT2D eigenvalue weighted by atomic mass is 10.2. The molecule has 1 N–H and O–H groups in total. The van der Waals surface area contributed by atoms with Gasteiger partial charge in [-0.1, -0.05) is 0 Å². The molecule has 4 heteroatoms. The van der Waals surface area contributed by atoms with Crippen LogP contribution in [0.3, 0.4) is 0 Å². The summed E-state index contributed by atoms with van der Waals surface area (Å²) in [6.45, 7) is 6.07. The van der Waals surface area contributed by atoms with E-state index >= 15 is 0 Å². The highest BCUT2D eigenvalue weighted by atomic mass is 19.3. The molecule has 14 heavy (non-hydrogen) atoms. The highest BCUT2D eigenvalue weighted by molar-refractivity contribution is 4.65. The summed E-state index contributed by atoms with van der Waals surface area (Å²) < 4.78 is 26.2. The Bertz CT molecular complexity index is 112. The van der Waals surface area contributed by atoms with Crippen molar-refractivity contribution in [2.75, 3.05) is 19.7 Å². The molecule has 0 saturated carbocycles. The molecule has 0 amide bonds. The van der Waals surface area contributed by atoms with Crippen LogP contribution in [-0.4, -0.2) is 32.2 Å². The third kappa shape index (κ3) is 9.86. The van der Waals surface area contributed by atoms with Crippen molar-refractivity contribution in [1.29, 1.82) is 0 Å². The molecule has 0 radical (unpaired) electrons. The van der Waals surface area contributed by atoms with Crippen molar-refractivity contribution in [2.45, 2.75) is 45.6 Å². The number of nitrogens with one attached hydrogen (secondary N) is 1. The topological polar surface area (TPSA) is 21.3 Å². The van der Waals surface area contributed by atoms with E-state index in [1.165, 1.54) is 25.8 Å². The van der Waals surface area contributed by atoms with Crippen LogP contribution in [0.2, 0.25) is 0 Å². The van der Waals surface area contributed by atoms with Gasteiger partial charge in [-0.3, -0.25) is 0 Å². The molecule has 1 aliphatic heterocycles. The third-order valence-corrected chi connectivity index (χ3v) is 1.93. The molecule has 0 aliphatic carbocycles. The van der Waals surface area contributed by atoms with Crippen molar-refractivity contribution >= 4 is 0 Å². The van der Waals surface area contributed by atoms with Crippen molar-refractivity contribution in [3.63, 3.8) is 0 Å². The molecule has 0 bridgehead atoms. The maximum atomic E-state index is 10.3. The summed E-state index contributed by atoms with van der Waals surface area (Å²) in [7, 11) is 0. The van der Waals surface area contributed by atoms with Crippen LogP contribution in [0.4, 0.5) is 8.78 Å². The van der Waals surface area contributed by atoms with Crippen molar-refractivity contribution in [2.24, 2.45) is 0 Å². The van der Waals surface area contributed by atoms with Crippen LogP contribution in [0.1, 0.15) is 33.1 Å². The van der Waals surface area contributed by atoms with E-state index in [1.807, 2.05) is 0 Å². The van der Waals surface area contributed by atoms with E-state index in [-0.39, 0.29) is 0 Å². The summed E-state index contributed by atoms with van der Waals surface area (Å²) in [6, 6.07) is 0. The van der Waals surface area contributed by atoms with Gasteiger partial charge in [0.1, 0.15) is 0 Å². The second-order valence-electron chi connectivity index (χ2n) is 3.28. The molecule has 1 fully saturated rings. The van der Waals surface area contributed by atoms with E-state index < -0.39 is 6.43 Å². The Balaban J connectivity index is 0.000000364. The lowest BCUT2D eigenvalue weighted by Gasteiger charge is -2.12. The highest BCUT2D eigenvalue weighted by Crippen LogP contribution is 2.08. The minimum Gasteiger partial charge on any atom is -0.378 e. The van der Waals surface area contributed by atoms with Gasteiger partial charge in [-0.25, -0.2) is 8.78 Å². The lowest BCUT2D eigenvalue weighted by Crippen LogP contribution is -2.17. The second-order valence-corrected chi connectivity index (χ2v) is 3.28. The predicted molar refractivity (Wildman–Crippen MR) is 53.8 cm³/mol. The average molecular weight is 209 g/mol. The summed E-state index contributed by atoms with van der Waals surface area (Å²) in [6.07, 6.45) is 2.05. The molecule has 1 rings (SSSR count). The maximum absolute atomic E-state index is 10.3. The number of hydrogen-bond donors (Lipinski definition) is 1. The standard InChI is InChI=1S/C8H17NO.C2H4F2/c1-2-10-8-4-3-6-9-7-5-8;1-2(3)4/h8-9H,2-7H2,1H3;2H,1H3. The Hall–Kier alpha value is -0.220. The number of rotatable bonds is 2. The Kier molecular flexibility index (Phi) is 9.19. The van der Waals surface area contributed by atoms with E-state index in [2.05, 4.69) is 12.2 Å². The Morgan fingerprint density at radius 3 is 2.57 bits per heavy atom. The van der Waals surface area contributed by atoms with E-state index in [9.17, 15) is 8.78 Å². The van der Waals surface area contributed by atoms with Gasteiger partial charge in [0.15, 0.2) is 0 Å². The van der Waals surface area contributed by atoms with Gasteiger partial charge < -0.3 is 10.1 Å². The number of ether oxygens (including phenoxy) is 1. The molecule has 0 aromatic rings. The van der Waals surface area contributed by atoms with Gasteiger partial charge in [-0.05, 0) is 46.2 Å². The first-order valence-electron chi connectivity index (χ1n) is 5.27. The third-order valence-electron chi connectivity index (χ3n) is 1.93. The van der Waals surface area contributed by atoms with Crippen LogP contribution < -0.4 is 5.32 Å². The number of hydrogen-bond acceptors (Lipinski definition) is 2. The largest absolute Gasteiger partial charge is 0.378 e. The summed E-state index contributed by atoms with van der Waals surface area (Å²) in [4.78, 5) is 0. The Morgan fingerprint density at radius 1 is 1.36 bits per heavy atom. The number of halogens is 2. The molecular formula is C10H21F2NO. The smallest absolute Gasteiger partial charge is 0.235 e. The van der Waals surface area contributed by atoms with Gasteiger partial charge in [0.25, 0.3) is 0 Å². The van der Waals surface area contributed by atoms with Crippen molar-refractivity contribution in [3.8, 4) is 0 Å². The first-order chi connectivity index (χ1) is 6.66. The van der Waals surface area contributed by atoms with Gasteiger partial charge in [-0.2, -0.15) is 0 Å². The molecule has 0 aromatic heterocycles. The molecule has 1 saturated heterocycles. The van der Waals surface area contributed by atoms with Crippen LogP contribution in [0.25, 0.3) is 0 Å². The molecule has 1 unspecified atom stereocenters. The normalized spacial score (nSPS) is 22.5. The predicted octanol–water partition coefficient (Wildman–Crippen LogP) is 2.44.